The molecule has 0 unspecified atom stereocenters. The number of hydrogen-bond acceptors (Lipinski definition) is 8. The minimum absolute atomic E-state index is 0.0942. The van der Waals surface area contributed by atoms with E-state index in [4.69, 9.17) is 0 Å². The van der Waals surface area contributed by atoms with Crippen molar-refractivity contribution >= 4 is 33.6 Å². The van der Waals surface area contributed by atoms with Crippen LogP contribution in [0.5, 0.6) is 0 Å². The van der Waals surface area contributed by atoms with Gasteiger partial charge in [0.1, 0.15) is 23.0 Å². The molecule has 0 saturated carbocycles. The lowest BCUT2D eigenvalue weighted by molar-refractivity contribution is 0.634. The summed E-state index contributed by atoms with van der Waals surface area (Å²) in [7, 11) is 1.80. The van der Waals surface area contributed by atoms with Gasteiger partial charge in [0.15, 0.2) is 17.3 Å². The number of H-pyrrole nitrogens is 1. The standard InChI is InChI=1S/C20H16FN9O.C2H6/c1-29(19-17-18(24-10-23-17)25-11-26-19)9-15-27-14-6-2-5-13(21)16(14)20(31)30(15)28-12-4-3-7-22-8-12;1-2/h2-8,10-11,28H,9H2,1H3,(H,23,24,25,26);1-2H3. The number of nitrogens with one attached hydrogen (secondary N) is 2. The number of halogens is 1. The van der Waals surface area contributed by atoms with Gasteiger partial charge in [-0.1, -0.05) is 19.9 Å². The van der Waals surface area contributed by atoms with Crippen LogP contribution in [0, 0.1) is 5.82 Å². The first-order valence-electron chi connectivity index (χ1n) is 10.3. The molecule has 168 valence electrons. The highest BCUT2D eigenvalue weighted by Crippen LogP contribution is 2.20. The van der Waals surface area contributed by atoms with Crippen molar-refractivity contribution in [1.82, 2.24) is 34.6 Å². The smallest absolute Gasteiger partial charge is 0.283 e. The number of aromatic amines is 1. The van der Waals surface area contributed by atoms with Gasteiger partial charge in [0.2, 0.25) is 0 Å². The van der Waals surface area contributed by atoms with Gasteiger partial charge < -0.3 is 9.88 Å². The molecule has 0 spiro atoms. The lowest BCUT2D eigenvalue weighted by atomic mass is 10.2. The van der Waals surface area contributed by atoms with Gasteiger partial charge in [-0.25, -0.2) is 29.0 Å². The van der Waals surface area contributed by atoms with Gasteiger partial charge in [0, 0.05) is 13.2 Å². The molecule has 0 aliphatic carbocycles. The van der Waals surface area contributed by atoms with Crippen LogP contribution in [0.25, 0.3) is 22.1 Å². The Morgan fingerprint density at radius 3 is 2.79 bits per heavy atom. The molecule has 0 atom stereocenters. The molecule has 0 aliphatic rings. The number of nitrogens with zero attached hydrogens (tertiary/aromatic N) is 7. The molecule has 0 amide bonds. The summed E-state index contributed by atoms with van der Waals surface area (Å²) in [4.78, 5) is 39.2. The Kier molecular flexibility index (Phi) is 6.20. The van der Waals surface area contributed by atoms with Crippen LogP contribution in [0.15, 0.2) is 60.2 Å². The highest BCUT2D eigenvalue weighted by Gasteiger charge is 2.18. The van der Waals surface area contributed by atoms with E-state index in [1.807, 2.05) is 13.8 Å². The van der Waals surface area contributed by atoms with E-state index in [0.717, 1.165) is 0 Å². The van der Waals surface area contributed by atoms with E-state index in [2.05, 4.69) is 35.3 Å². The van der Waals surface area contributed by atoms with Gasteiger partial charge in [-0.3, -0.25) is 15.2 Å². The third kappa shape index (κ3) is 4.20. The average molecular weight is 447 g/mol. The van der Waals surface area contributed by atoms with Gasteiger partial charge in [-0.05, 0) is 24.3 Å². The van der Waals surface area contributed by atoms with Crippen LogP contribution in [-0.2, 0) is 6.54 Å². The second-order valence-electron chi connectivity index (χ2n) is 6.81. The van der Waals surface area contributed by atoms with E-state index in [1.54, 1.807) is 42.5 Å². The fourth-order valence-corrected chi connectivity index (χ4v) is 3.34. The molecule has 4 aromatic heterocycles. The van der Waals surface area contributed by atoms with Crippen molar-refractivity contribution in [2.45, 2.75) is 20.4 Å². The molecule has 4 heterocycles. The molecule has 0 aliphatic heterocycles. The maximum absolute atomic E-state index is 14.4. The number of pyridine rings is 1. The Morgan fingerprint density at radius 1 is 1.15 bits per heavy atom. The van der Waals surface area contributed by atoms with E-state index in [9.17, 15) is 9.18 Å². The van der Waals surface area contributed by atoms with Crippen LogP contribution < -0.4 is 15.9 Å². The Balaban J connectivity index is 0.00000126. The van der Waals surface area contributed by atoms with Crippen molar-refractivity contribution < 1.29 is 4.39 Å². The fraction of sp³-hybridized carbons (Fsp3) is 0.182. The molecule has 0 saturated heterocycles. The van der Waals surface area contributed by atoms with Gasteiger partial charge in [0.05, 0.1) is 30.3 Å². The summed E-state index contributed by atoms with van der Waals surface area (Å²) >= 11 is 0. The topological polar surface area (TPSA) is 118 Å². The fourth-order valence-electron chi connectivity index (χ4n) is 3.34. The number of benzene rings is 1. The molecular formula is C22H22FN9O. The van der Waals surface area contributed by atoms with Gasteiger partial charge in [-0.15, -0.1) is 0 Å². The highest BCUT2D eigenvalue weighted by atomic mass is 19.1. The zero-order valence-electron chi connectivity index (χ0n) is 18.3. The zero-order chi connectivity index (χ0) is 23.4. The SMILES string of the molecule is CC.CN(Cc1nc2cccc(F)c2c(=O)n1Nc1cccnc1)c1ncnc2nc[nH]c12. The summed E-state index contributed by atoms with van der Waals surface area (Å²) in [6.45, 7) is 4.19. The number of imidazole rings is 1. The van der Waals surface area contributed by atoms with Crippen molar-refractivity contribution in [3.63, 3.8) is 0 Å². The summed E-state index contributed by atoms with van der Waals surface area (Å²) in [6.07, 6.45) is 6.13. The van der Waals surface area contributed by atoms with Crippen LogP contribution in [-0.4, -0.2) is 41.6 Å². The van der Waals surface area contributed by atoms with Crippen LogP contribution in [0.2, 0.25) is 0 Å². The number of aromatic nitrogens is 7. The van der Waals surface area contributed by atoms with Crippen LogP contribution in [0.3, 0.4) is 0 Å². The molecule has 5 aromatic rings. The molecule has 10 nitrogen and oxygen atoms in total. The van der Waals surface area contributed by atoms with E-state index < -0.39 is 11.4 Å². The average Bonchev–Trinajstić information content (AvgIpc) is 3.32. The maximum atomic E-state index is 14.4. The normalized spacial score (nSPS) is 10.7. The van der Waals surface area contributed by atoms with Gasteiger partial charge >= 0.3 is 0 Å². The molecule has 1 aromatic carbocycles. The molecule has 2 N–H and O–H groups in total. The highest BCUT2D eigenvalue weighted by molar-refractivity contribution is 5.82. The van der Waals surface area contributed by atoms with Crippen molar-refractivity contribution in [2.75, 3.05) is 17.4 Å². The Hall–Kier alpha value is -4.41. The second-order valence-corrected chi connectivity index (χ2v) is 6.81. The lowest BCUT2D eigenvalue weighted by Crippen LogP contribution is -2.34. The van der Waals surface area contributed by atoms with Crippen LogP contribution in [0.4, 0.5) is 15.9 Å². The van der Waals surface area contributed by atoms with Crippen molar-refractivity contribution in [1.29, 1.82) is 0 Å². The largest absolute Gasteiger partial charge is 0.350 e. The first-order chi connectivity index (χ1) is 16.1. The minimum Gasteiger partial charge on any atom is -0.350 e. The van der Waals surface area contributed by atoms with Crippen LogP contribution in [0.1, 0.15) is 19.7 Å². The quantitative estimate of drug-likeness (QED) is 0.422. The minimum atomic E-state index is -0.633. The molecule has 0 fully saturated rings. The monoisotopic (exact) mass is 447 g/mol. The summed E-state index contributed by atoms with van der Waals surface area (Å²) < 4.78 is 15.7. The summed E-state index contributed by atoms with van der Waals surface area (Å²) in [5, 5.41) is -0.0942. The predicted octanol–water partition coefficient (Wildman–Crippen LogP) is 3.13. The Labute approximate surface area is 188 Å². The third-order valence-corrected chi connectivity index (χ3v) is 4.76. The van der Waals surface area contributed by atoms with Gasteiger partial charge in [0.25, 0.3) is 5.56 Å². The number of fused-ring (bicyclic) bond motifs is 2. The lowest BCUT2D eigenvalue weighted by Gasteiger charge is -2.21. The first kappa shape index (κ1) is 21.8. The zero-order valence-corrected chi connectivity index (χ0v) is 18.3. The molecule has 5 rings (SSSR count). The predicted molar refractivity (Wildman–Crippen MR) is 124 cm³/mol. The molecular weight excluding hydrogens is 425 g/mol. The summed E-state index contributed by atoms with van der Waals surface area (Å²) in [5.74, 6) is 0.316. The maximum Gasteiger partial charge on any atom is 0.283 e. The Bertz CT molecular complexity index is 1450. The molecule has 11 heteroatoms. The number of anilines is 2. The Morgan fingerprint density at radius 2 is 2.00 bits per heavy atom. The number of rotatable bonds is 5. The second kappa shape index (κ2) is 9.39. The van der Waals surface area contributed by atoms with Crippen LogP contribution >= 0.6 is 0 Å². The van der Waals surface area contributed by atoms with Gasteiger partial charge in [-0.2, -0.15) is 0 Å². The van der Waals surface area contributed by atoms with E-state index in [1.165, 1.54) is 29.5 Å². The number of hydrogen-bond donors (Lipinski definition) is 2. The van der Waals surface area contributed by atoms with E-state index >= 15 is 0 Å². The first-order valence-corrected chi connectivity index (χ1v) is 10.3. The molecule has 0 bridgehead atoms. The van der Waals surface area contributed by atoms with E-state index in [0.29, 0.717) is 28.5 Å². The van der Waals surface area contributed by atoms with Crippen molar-refractivity contribution in [3.05, 3.63) is 77.4 Å². The molecule has 33 heavy (non-hydrogen) atoms. The third-order valence-electron chi connectivity index (χ3n) is 4.76. The summed E-state index contributed by atoms with van der Waals surface area (Å²) in [5.41, 5.74) is 4.44. The summed E-state index contributed by atoms with van der Waals surface area (Å²) in [6, 6.07) is 7.84. The molecule has 0 radical (unpaired) electrons. The van der Waals surface area contributed by atoms with Crippen molar-refractivity contribution in [3.8, 4) is 0 Å². The van der Waals surface area contributed by atoms with Crippen molar-refractivity contribution in [2.24, 2.45) is 0 Å². The van der Waals surface area contributed by atoms with E-state index in [-0.39, 0.29) is 17.4 Å².